The Morgan fingerprint density at radius 1 is 1.04 bits per heavy atom. The first-order valence-corrected chi connectivity index (χ1v) is 22.5. The van der Waals surface area contributed by atoms with Crippen LogP contribution in [-0.4, -0.2) is 109 Å². The van der Waals surface area contributed by atoms with Crippen LogP contribution >= 0.6 is 11.6 Å². The zero-order chi connectivity index (χ0) is 38.9. The average molecular weight is 798 g/mol. The van der Waals surface area contributed by atoms with Gasteiger partial charge in [0.1, 0.15) is 16.7 Å². The van der Waals surface area contributed by atoms with E-state index in [2.05, 4.69) is 62.3 Å². The molecule has 55 heavy (non-hydrogen) atoms. The number of hydrogen-bond donors (Lipinski definition) is 2. The van der Waals surface area contributed by atoms with Crippen LogP contribution in [0.1, 0.15) is 93.1 Å². The molecule has 8 unspecified atom stereocenters. The molecule has 1 amide bonds. The number of halogens is 1. The summed E-state index contributed by atoms with van der Waals surface area (Å²) < 4.78 is 27.3. The summed E-state index contributed by atoms with van der Waals surface area (Å²) in [5.74, 6) is 2.52. The quantitative estimate of drug-likeness (QED) is 0.287. The Morgan fingerprint density at radius 2 is 1.89 bits per heavy atom. The number of fused-ring (bicyclic) bond motifs is 3. The van der Waals surface area contributed by atoms with Gasteiger partial charge in [-0.2, -0.15) is 0 Å². The summed E-state index contributed by atoms with van der Waals surface area (Å²) in [7, 11) is 0.0599. The summed E-state index contributed by atoms with van der Waals surface area (Å²) in [5.41, 5.74) is 4.10. The number of aryl methyl sites for hydroxylation is 1. The molecule has 9 nitrogen and oxygen atoms in total. The molecule has 304 valence electrons. The third-order valence-corrected chi connectivity index (χ3v) is 14.7. The lowest BCUT2D eigenvalue weighted by Gasteiger charge is -2.48. The van der Waals surface area contributed by atoms with Gasteiger partial charge < -0.3 is 19.5 Å². The van der Waals surface area contributed by atoms with Crippen LogP contribution in [-0.2, 0) is 22.1 Å². The lowest BCUT2D eigenvalue weighted by molar-refractivity contribution is 0.0283. The molecule has 4 aliphatic heterocycles. The van der Waals surface area contributed by atoms with E-state index in [1.807, 2.05) is 31.2 Å². The minimum atomic E-state index is -1.49. The van der Waals surface area contributed by atoms with Gasteiger partial charge in [0.05, 0.1) is 30.8 Å². The van der Waals surface area contributed by atoms with Gasteiger partial charge in [-0.05, 0) is 117 Å². The fourth-order valence-corrected chi connectivity index (χ4v) is 10.6. The Balaban J connectivity index is 0.000000967. The molecule has 0 aromatic heterocycles. The van der Waals surface area contributed by atoms with Crippen molar-refractivity contribution in [3.8, 4) is 5.75 Å². The first kappa shape index (κ1) is 42.1. The van der Waals surface area contributed by atoms with Crippen LogP contribution in [0.25, 0.3) is 0 Å². The first-order chi connectivity index (χ1) is 26.7. The lowest BCUT2D eigenvalue weighted by Crippen LogP contribution is -2.56. The molecular weight excluding hydrogens is 732 g/mol. The van der Waals surface area contributed by atoms with E-state index in [-0.39, 0.29) is 29.6 Å². The second-order valence-corrected chi connectivity index (χ2v) is 18.6. The Morgan fingerprint density at radius 3 is 2.64 bits per heavy atom. The minimum Gasteiger partial charge on any atom is -0.491 e. The fourth-order valence-electron chi connectivity index (χ4n) is 9.35. The van der Waals surface area contributed by atoms with E-state index in [1.54, 1.807) is 7.11 Å². The van der Waals surface area contributed by atoms with Crippen molar-refractivity contribution in [2.75, 3.05) is 77.6 Å². The molecule has 1 aliphatic carbocycles. The number of anilines is 1. The molecule has 7 rings (SSSR count). The molecule has 2 saturated heterocycles. The largest absolute Gasteiger partial charge is 0.491 e. The van der Waals surface area contributed by atoms with E-state index < -0.39 is 11.0 Å². The third kappa shape index (κ3) is 10.7. The van der Waals surface area contributed by atoms with Gasteiger partial charge in [0.2, 0.25) is 0 Å². The number of methoxy groups -OCH3 is 1. The summed E-state index contributed by atoms with van der Waals surface area (Å²) >= 11 is 6.50. The van der Waals surface area contributed by atoms with Crippen LogP contribution in [0.5, 0.6) is 5.75 Å². The average Bonchev–Trinajstić information content (AvgIpc) is 3.35. The Hall–Kier alpha value is -2.47. The van der Waals surface area contributed by atoms with Crippen molar-refractivity contribution < 1.29 is 23.6 Å². The smallest absolute Gasteiger partial charge is 0.263 e. The number of benzene rings is 2. The van der Waals surface area contributed by atoms with E-state index in [0.29, 0.717) is 42.6 Å². The fraction of sp³-hybridized carbons (Fsp3) is 0.659. The van der Waals surface area contributed by atoms with Crippen molar-refractivity contribution >= 4 is 34.2 Å². The SMILES string of the molecule is CCCc1cc(Cl)ccc1C1COc2ccc3cc2N(C1)CC1CCC1C(CN1CCN2CCCCC2C1)/C=C/CC(C)C(C)S(=O)NC3=O.COCCO. The predicted octanol–water partition coefficient (Wildman–Crippen LogP) is 7.09. The maximum atomic E-state index is 13.5. The molecular formula is C44H65ClN4O5S. The summed E-state index contributed by atoms with van der Waals surface area (Å²) in [5, 5.41) is 8.55. The van der Waals surface area contributed by atoms with Gasteiger partial charge >= 0.3 is 0 Å². The van der Waals surface area contributed by atoms with Gasteiger partial charge in [-0.1, -0.05) is 56.5 Å². The Kier molecular flexibility index (Phi) is 15.5. The number of nitrogens with one attached hydrogen (secondary N) is 1. The number of piperidine rings is 1. The predicted molar refractivity (Wildman–Crippen MR) is 225 cm³/mol. The molecule has 1 saturated carbocycles. The van der Waals surface area contributed by atoms with E-state index in [1.165, 1.54) is 62.9 Å². The molecule has 8 atom stereocenters. The van der Waals surface area contributed by atoms with Crippen LogP contribution < -0.4 is 14.4 Å². The molecule has 11 heteroatoms. The molecule has 2 N–H and O–H groups in total. The van der Waals surface area contributed by atoms with Crippen LogP contribution in [0.2, 0.25) is 5.02 Å². The Bertz CT molecular complexity index is 1620. The number of carbonyl (C=O) groups excluding carboxylic acids is 1. The zero-order valence-corrected chi connectivity index (χ0v) is 35.2. The molecule has 5 aliphatic rings. The Labute approximate surface area is 337 Å². The normalized spacial score (nSPS) is 30.9. The first-order valence-electron chi connectivity index (χ1n) is 20.9. The lowest BCUT2D eigenvalue weighted by atomic mass is 9.66. The molecule has 2 bridgehead atoms. The molecule has 2 aromatic carbocycles. The zero-order valence-electron chi connectivity index (χ0n) is 33.6. The number of rotatable bonds is 7. The van der Waals surface area contributed by atoms with Gasteiger partial charge in [0.15, 0.2) is 0 Å². The number of allylic oxidation sites excluding steroid dienone is 1. The van der Waals surface area contributed by atoms with Gasteiger partial charge in [-0.3, -0.25) is 19.3 Å². The number of piperazine rings is 1. The van der Waals surface area contributed by atoms with Crippen molar-refractivity contribution in [1.82, 2.24) is 14.5 Å². The van der Waals surface area contributed by atoms with Crippen molar-refractivity contribution in [3.63, 3.8) is 0 Å². The molecule has 2 aromatic rings. The standard InChI is InChI=1S/C41H57ClN4O3S.C3H8O2/c1-4-8-30-21-35(42)14-16-37(30)34-25-46-24-33-12-15-38(33)32(23-44-19-20-45-18-6-5-11-36(45)26-44)10-7-9-28(2)29(3)50(48)43-41(47)31-13-17-40(49-27-34)39(46)22-31;1-5-3-2-4/h7,10,13-14,16-17,21-22,28-29,32-34,36,38H,4-6,8-9,11-12,15,18-20,23-27H2,1-3H3,(H,43,47);4H,2-3H2,1H3/b10-7+;. The monoisotopic (exact) mass is 796 g/mol. The van der Waals surface area contributed by atoms with Crippen molar-refractivity contribution in [2.24, 2.45) is 23.7 Å². The van der Waals surface area contributed by atoms with E-state index >= 15 is 0 Å². The highest BCUT2D eigenvalue weighted by Gasteiger charge is 2.40. The van der Waals surface area contributed by atoms with Crippen molar-refractivity contribution in [1.29, 1.82) is 0 Å². The van der Waals surface area contributed by atoms with Gasteiger partial charge in [0.25, 0.3) is 5.91 Å². The van der Waals surface area contributed by atoms with Crippen molar-refractivity contribution in [2.45, 2.75) is 89.3 Å². The highest BCUT2D eigenvalue weighted by molar-refractivity contribution is 7.84. The number of aliphatic hydroxyl groups is 1. The van der Waals surface area contributed by atoms with Crippen LogP contribution in [0.4, 0.5) is 5.69 Å². The van der Waals surface area contributed by atoms with Gasteiger partial charge in [-0.15, -0.1) is 0 Å². The van der Waals surface area contributed by atoms with Gasteiger partial charge in [-0.25, -0.2) is 4.21 Å². The minimum absolute atomic E-state index is 0.122. The summed E-state index contributed by atoms with van der Waals surface area (Å²) in [6, 6.07) is 12.8. The molecule has 0 spiro atoms. The summed E-state index contributed by atoms with van der Waals surface area (Å²) in [4.78, 5) is 21.5. The molecule has 0 radical (unpaired) electrons. The number of aliphatic hydroxyl groups excluding tert-OH is 1. The maximum Gasteiger partial charge on any atom is 0.263 e. The highest BCUT2D eigenvalue weighted by Crippen LogP contribution is 2.45. The van der Waals surface area contributed by atoms with Gasteiger partial charge in [0, 0.05) is 68.9 Å². The number of ether oxygens (including phenoxy) is 2. The second-order valence-electron chi connectivity index (χ2n) is 16.6. The topological polar surface area (TPSA) is 94.6 Å². The van der Waals surface area contributed by atoms with E-state index in [4.69, 9.17) is 21.4 Å². The summed E-state index contributed by atoms with van der Waals surface area (Å²) in [6.07, 6.45) is 14.3. The molecule has 3 fully saturated rings. The summed E-state index contributed by atoms with van der Waals surface area (Å²) in [6.45, 7) is 15.2. The maximum absolute atomic E-state index is 13.5. The highest BCUT2D eigenvalue weighted by atomic mass is 35.5. The van der Waals surface area contributed by atoms with Crippen molar-refractivity contribution in [3.05, 3.63) is 70.3 Å². The van der Waals surface area contributed by atoms with E-state index in [9.17, 15) is 9.00 Å². The van der Waals surface area contributed by atoms with Crippen LogP contribution in [0, 0.1) is 23.7 Å². The third-order valence-electron chi connectivity index (χ3n) is 12.9. The number of amides is 1. The number of hydrogen-bond acceptors (Lipinski definition) is 8. The van der Waals surface area contributed by atoms with E-state index in [0.717, 1.165) is 61.9 Å². The number of nitrogens with zero attached hydrogens (tertiary/aromatic N) is 3. The van der Waals surface area contributed by atoms with Crippen LogP contribution in [0.15, 0.2) is 48.6 Å². The number of carbonyl (C=O) groups is 1. The second kappa shape index (κ2) is 20.3. The van der Waals surface area contributed by atoms with Crippen LogP contribution in [0.3, 0.4) is 0 Å². The molecule has 4 heterocycles.